The number of amides is 2. The van der Waals surface area contributed by atoms with Crippen LogP contribution in [0.2, 0.25) is 0 Å². The summed E-state index contributed by atoms with van der Waals surface area (Å²) in [7, 11) is 0. The Labute approximate surface area is 173 Å². The summed E-state index contributed by atoms with van der Waals surface area (Å²) < 4.78 is 1.66. The molecule has 1 N–H and O–H groups in total. The first kappa shape index (κ1) is 18.5. The number of aromatic nitrogens is 4. The summed E-state index contributed by atoms with van der Waals surface area (Å²) in [5.74, 6) is -0.141. The minimum absolute atomic E-state index is 0.0304. The highest BCUT2D eigenvalue weighted by Crippen LogP contribution is 2.36. The lowest BCUT2D eigenvalue weighted by Gasteiger charge is -2.43. The van der Waals surface area contributed by atoms with E-state index in [4.69, 9.17) is 0 Å². The fourth-order valence-corrected chi connectivity index (χ4v) is 4.54. The summed E-state index contributed by atoms with van der Waals surface area (Å²) in [5, 5.41) is 15.7. The molecule has 154 valence electrons. The van der Waals surface area contributed by atoms with E-state index in [1.54, 1.807) is 9.42 Å². The molecule has 30 heavy (non-hydrogen) atoms. The van der Waals surface area contributed by atoms with E-state index < -0.39 is 5.54 Å². The van der Waals surface area contributed by atoms with E-state index >= 15 is 0 Å². The lowest BCUT2D eigenvalue weighted by Crippen LogP contribution is -2.57. The van der Waals surface area contributed by atoms with Gasteiger partial charge in [0.1, 0.15) is 5.54 Å². The average molecular weight is 405 g/mol. The van der Waals surface area contributed by atoms with Gasteiger partial charge in [-0.3, -0.25) is 9.59 Å². The molecule has 2 aliphatic rings. The van der Waals surface area contributed by atoms with E-state index in [1.807, 2.05) is 50.2 Å². The number of nitrogens with zero attached hydrogens (tertiary/aromatic N) is 6. The second-order valence-electron chi connectivity index (χ2n) is 7.94. The molecule has 2 aliphatic heterocycles. The fourth-order valence-electron chi connectivity index (χ4n) is 4.54. The van der Waals surface area contributed by atoms with Crippen LogP contribution in [0.5, 0.6) is 0 Å². The molecule has 2 fully saturated rings. The number of likely N-dealkylation sites (tertiary alicyclic amines) is 1. The molecule has 0 bridgehead atoms. The normalized spacial score (nSPS) is 18.3. The Morgan fingerprint density at radius 3 is 2.57 bits per heavy atom. The van der Waals surface area contributed by atoms with Gasteiger partial charge in [-0.25, -0.2) is 4.52 Å². The van der Waals surface area contributed by atoms with Crippen LogP contribution >= 0.6 is 0 Å². The third-order valence-corrected chi connectivity index (χ3v) is 6.21. The number of para-hydroxylation sites is 1. The van der Waals surface area contributed by atoms with Gasteiger partial charge in [0.15, 0.2) is 11.3 Å². The Hall–Kier alpha value is -3.49. The Balaban J connectivity index is 1.38. The van der Waals surface area contributed by atoms with Crippen molar-refractivity contribution in [2.45, 2.75) is 32.2 Å². The van der Waals surface area contributed by atoms with Crippen LogP contribution in [0.25, 0.3) is 5.65 Å². The number of benzene rings is 1. The van der Waals surface area contributed by atoms with Gasteiger partial charge in [-0.2, -0.15) is 5.10 Å². The zero-order valence-corrected chi connectivity index (χ0v) is 17.0. The van der Waals surface area contributed by atoms with Gasteiger partial charge in [0, 0.05) is 24.8 Å². The summed E-state index contributed by atoms with van der Waals surface area (Å²) in [5.41, 5.74) is 2.81. The number of nitrogens with one attached hydrogen (secondary N) is 1. The summed E-state index contributed by atoms with van der Waals surface area (Å²) in [6.45, 7) is 5.15. The molecule has 0 saturated carbocycles. The number of carbonyl (C=O) groups is 2. The predicted octanol–water partition coefficient (Wildman–Crippen LogP) is 1.31. The summed E-state index contributed by atoms with van der Waals surface area (Å²) >= 11 is 0. The predicted molar refractivity (Wildman–Crippen MR) is 110 cm³/mol. The van der Waals surface area contributed by atoms with Gasteiger partial charge < -0.3 is 15.1 Å². The Morgan fingerprint density at radius 2 is 1.83 bits per heavy atom. The first-order chi connectivity index (χ1) is 14.5. The number of aryl methyl sites for hydroxylation is 2. The molecule has 1 spiro atoms. The molecule has 0 radical (unpaired) electrons. The molecular formula is C21H23N7O2. The second kappa shape index (κ2) is 6.79. The molecule has 3 aromatic rings. The van der Waals surface area contributed by atoms with E-state index in [9.17, 15) is 9.59 Å². The maximum atomic E-state index is 13.2. The van der Waals surface area contributed by atoms with Crippen molar-refractivity contribution in [1.29, 1.82) is 0 Å². The SMILES string of the molecule is Cc1cc2nnc(C(=O)N3CCC4(CC3)C(=O)NCN4c3ccccc3)c(C)n2n1. The highest BCUT2D eigenvalue weighted by molar-refractivity contribution is 5.95. The number of anilines is 1. The number of piperidine rings is 1. The third-order valence-electron chi connectivity index (χ3n) is 6.21. The zero-order valence-electron chi connectivity index (χ0n) is 17.0. The minimum atomic E-state index is -0.623. The number of hydrogen-bond donors (Lipinski definition) is 1. The number of rotatable bonds is 2. The van der Waals surface area contributed by atoms with E-state index in [0.717, 1.165) is 11.4 Å². The molecule has 9 heteroatoms. The molecule has 9 nitrogen and oxygen atoms in total. The number of carbonyl (C=O) groups excluding carboxylic acids is 2. The molecule has 0 atom stereocenters. The summed E-state index contributed by atoms with van der Waals surface area (Å²) in [4.78, 5) is 29.9. The van der Waals surface area contributed by atoms with Crippen LogP contribution in [-0.2, 0) is 4.79 Å². The minimum Gasteiger partial charge on any atom is -0.339 e. The van der Waals surface area contributed by atoms with Crippen molar-refractivity contribution < 1.29 is 9.59 Å². The van der Waals surface area contributed by atoms with Gasteiger partial charge in [-0.1, -0.05) is 18.2 Å². The molecule has 0 aliphatic carbocycles. The van der Waals surface area contributed by atoms with Crippen molar-refractivity contribution in [3.63, 3.8) is 0 Å². The Bertz CT molecular complexity index is 1130. The van der Waals surface area contributed by atoms with Crippen LogP contribution < -0.4 is 10.2 Å². The van der Waals surface area contributed by atoms with Crippen molar-refractivity contribution >= 4 is 23.1 Å². The number of hydrogen-bond acceptors (Lipinski definition) is 6. The van der Waals surface area contributed by atoms with Crippen LogP contribution in [0.3, 0.4) is 0 Å². The quantitative estimate of drug-likeness (QED) is 0.691. The molecule has 2 saturated heterocycles. The van der Waals surface area contributed by atoms with Crippen molar-refractivity contribution in [3.8, 4) is 0 Å². The lowest BCUT2D eigenvalue weighted by atomic mass is 9.85. The highest BCUT2D eigenvalue weighted by Gasteiger charge is 2.51. The van der Waals surface area contributed by atoms with E-state index in [-0.39, 0.29) is 11.8 Å². The summed E-state index contributed by atoms with van der Waals surface area (Å²) in [6.07, 6.45) is 1.13. The smallest absolute Gasteiger partial charge is 0.276 e. The Kier molecular flexibility index (Phi) is 4.19. The van der Waals surface area contributed by atoms with E-state index in [1.165, 1.54) is 0 Å². The van der Waals surface area contributed by atoms with Gasteiger partial charge >= 0.3 is 0 Å². The van der Waals surface area contributed by atoms with Crippen LogP contribution in [0.4, 0.5) is 5.69 Å². The second-order valence-corrected chi connectivity index (χ2v) is 7.94. The fraction of sp³-hybridized carbons (Fsp3) is 0.381. The van der Waals surface area contributed by atoms with Crippen molar-refractivity contribution in [3.05, 3.63) is 53.5 Å². The Morgan fingerprint density at radius 1 is 1.10 bits per heavy atom. The van der Waals surface area contributed by atoms with Crippen LogP contribution in [-0.4, -0.2) is 61.8 Å². The van der Waals surface area contributed by atoms with Gasteiger partial charge in [-0.15, -0.1) is 10.2 Å². The zero-order chi connectivity index (χ0) is 20.9. The van der Waals surface area contributed by atoms with Crippen molar-refractivity contribution in [1.82, 2.24) is 30.0 Å². The average Bonchev–Trinajstić information content (AvgIpc) is 3.29. The molecular weight excluding hydrogens is 382 g/mol. The maximum Gasteiger partial charge on any atom is 0.276 e. The standard InChI is InChI=1S/C21H23N7O2/c1-14-12-17-23-24-18(15(2)28(17)25-14)19(29)26-10-8-21(9-11-26)20(30)22-13-27(21)16-6-4-3-5-7-16/h3-7,12H,8-11,13H2,1-2H3,(H,22,30). The van der Waals surface area contributed by atoms with Gasteiger partial charge in [0.2, 0.25) is 5.91 Å². The lowest BCUT2D eigenvalue weighted by molar-refractivity contribution is -0.124. The molecule has 2 amide bonds. The third kappa shape index (κ3) is 2.72. The molecule has 5 rings (SSSR count). The maximum absolute atomic E-state index is 13.2. The molecule has 4 heterocycles. The van der Waals surface area contributed by atoms with Gasteiger partial charge in [0.25, 0.3) is 5.91 Å². The number of fused-ring (bicyclic) bond motifs is 1. The highest BCUT2D eigenvalue weighted by atomic mass is 16.2. The first-order valence-electron chi connectivity index (χ1n) is 10.1. The van der Waals surface area contributed by atoms with Gasteiger partial charge in [-0.05, 0) is 38.8 Å². The van der Waals surface area contributed by atoms with E-state index in [2.05, 4.69) is 25.5 Å². The molecule has 1 aromatic carbocycles. The molecule has 0 unspecified atom stereocenters. The van der Waals surface area contributed by atoms with E-state index in [0.29, 0.717) is 49.6 Å². The van der Waals surface area contributed by atoms with Crippen molar-refractivity contribution in [2.75, 3.05) is 24.7 Å². The monoisotopic (exact) mass is 405 g/mol. The van der Waals surface area contributed by atoms with Crippen molar-refractivity contribution in [2.24, 2.45) is 0 Å². The first-order valence-corrected chi connectivity index (χ1v) is 10.1. The largest absolute Gasteiger partial charge is 0.339 e. The molecule has 2 aromatic heterocycles. The topological polar surface area (TPSA) is 95.7 Å². The van der Waals surface area contributed by atoms with Crippen LogP contribution in [0.15, 0.2) is 36.4 Å². The summed E-state index contributed by atoms with van der Waals surface area (Å²) in [6, 6.07) is 11.8. The van der Waals surface area contributed by atoms with Crippen LogP contribution in [0, 0.1) is 13.8 Å². The van der Waals surface area contributed by atoms with Crippen LogP contribution in [0.1, 0.15) is 34.7 Å². The van der Waals surface area contributed by atoms with Gasteiger partial charge in [0.05, 0.1) is 18.1 Å².